The molecule has 7 aromatic rings. The van der Waals surface area contributed by atoms with Crippen LogP contribution < -0.4 is 5.32 Å². The van der Waals surface area contributed by atoms with Crippen LogP contribution in [0.15, 0.2) is 98.1 Å². The number of nitrogens with zero attached hydrogens (tertiary/aromatic N) is 10. The molecule has 264 valence electrons. The number of carbonyl (C=O) groups excluding carboxylic acids is 1. The molecule has 52 heavy (non-hydrogen) atoms. The second-order valence-corrected chi connectivity index (χ2v) is 11.7. The number of amides is 1. The summed E-state index contributed by atoms with van der Waals surface area (Å²) < 4.78 is 45.5. The first kappa shape index (κ1) is 34.9. The van der Waals surface area contributed by atoms with Crippen molar-refractivity contribution in [1.29, 1.82) is 0 Å². The second-order valence-electron chi connectivity index (χ2n) is 11.7. The molecule has 0 saturated heterocycles. The Kier molecular flexibility index (Phi) is 9.50. The van der Waals surface area contributed by atoms with Gasteiger partial charge in [0.1, 0.15) is 11.4 Å². The number of hydrogen-bond acceptors (Lipinski definition) is 8. The zero-order valence-electron chi connectivity index (χ0n) is 28.1. The number of halogens is 3. The van der Waals surface area contributed by atoms with Gasteiger partial charge < -0.3 is 19.6 Å². The van der Waals surface area contributed by atoms with Crippen LogP contribution in [0.2, 0.25) is 0 Å². The Labute approximate surface area is 293 Å². The molecular formula is C35H30F3N11O3. The molecule has 2 N–H and O–H groups in total. The van der Waals surface area contributed by atoms with Crippen molar-refractivity contribution in [3.05, 3.63) is 126 Å². The molecular weight excluding hydrogens is 679 g/mol. The van der Waals surface area contributed by atoms with Gasteiger partial charge in [0.2, 0.25) is 0 Å². The molecule has 0 aliphatic rings. The molecule has 0 bridgehead atoms. The molecule has 7 rings (SSSR count). The van der Waals surface area contributed by atoms with Crippen LogP contribution in [-0.2, 0) is 20.3 Å². The van der Waals surface area contributed by atoms with Crippen molar-refractivity contribution in [3.8, 4) is 34.2 Å². The summed E-state index contributed by atoms with van der Waals surface area (Å²) in [6.45, 7) is 3.75. The van der Waals surface area contributed by atoms with E-state index in [0.717, 1.165) is 34.6 Å². The summed E-state index contributed by atoms with van der Waals surface area (Å²) in [5.74, 6) is -1.50. The van der Waals surface area contributed by atoms with Crippen molar-refractivity contribution in [1.82, 2.24) is 49.1 Å². The molecule has 1 amide bonds. The molecule has 0 fully saturated rings. The Morgan fingerprint density at radius 2 is 1.25 bits per heavy atom. The van der Waals surface area contributed by atoms with Crippen LogP contribution >= 0.6 is 0 Å². The monoisotopic (exact) mass is 709 g/mol. The van der Waals surface area contributed by atoms with Gasteiger partial charge in [-0.3, -0.25) is 4.79 Å². The highest BCUT2D eigenvalue weighted by Gasteiger charge is 2.30. The number of alkyl halides is 3. The number of benzene rings is 3. The Hall–Kier alpha value is -6.91. The number of nitrogens with one attached hydrogen (secondary N) is 1. The standard InChI is InChI=1S/C21H17F3N6O.C14H13N5O2/c1-13-6-7-14(20(31)26-16-5-3-4-15(9-16)21(22,23)24)8-18(13)30-11-17(27-28-30)19-10-25-12-29(19)2;1-9-3-4-10(14(20)21)5-12(9)19-7-11(16-17-19)13-6-15-8-18(13)2/h3-12H,1-2H3,(H,26,31);3-8H,1-2H3,(H,20,21). The Morgan fingerprint density at radius 3 is 1.73 bits per heavy atom. The van der Waals surface area contributed by atoms with Gasteiger partial charge in [0.25, 0.3) is 5.91 Å². The fraction of sp³-hybridized carbons (Fsp3) is 0.143. The molecule has 0 atom stereocenters. The molecule has 17 heteroatoms. The van der Waals surface area contributed by atoms with Gasteiger partial charge in [-0.25, -0.2) is 24.1 Å². The number of imidazole rings is 2. The first-order chi connectivity index (χ1) is 24.8. The minimum Gasteiger partial charge on any atom is -0.478 e. The van der Waals surface area contributed by atoms with Gasteiger partial charge in [0.05, 0.1) is 71.3 Å². The summed E-state index contributed by atoms with van der Waals surface area (Å²) in [5.41, 5.74) is 5.70. The third-order valence-electron chi connectivity index (χ3n) is 8.01. The van der Waals surface area contributed by atoms with Gasteiger partial charge in [-0.1, -0.05) is 28.6 Å². The number of aromatic carboxylic acids is 1. The van der Waals surface area contributed by atoms with Crippen molar-refractivity contribution in [2.24, 2.45) is 14.1 Å². The lowest BCUT2D eigenvalue weighted by atomic mass is 10.1. The number of anilines is 1. The average molecular weight is 710 g/mol. The van der Waals surface area contributed by atoms with Crippen LogP contribution in [0, 0.1) is 13.8 Å². The molecule has 0 aliphatic carbocycles. The molecule has 0 radical (unpaired) electrons. The highest BCUT2D eigenvalue weighted by atomic mass is 19.4. The van der Waals surface area contributed by atoms with Gasteiger partial charge >= 0.3 is 12.1 Å². The van der Waals surface area contributed by atoms with E-state index in [1.54, 1.807) is 87.8 Å². The summed E-state index contributed by atoms with van der Waals surface area (Å²) >= 11 is 0. The third kappa shape index (κ3) is 7.47. The highest BCUT2D eigenvalue weighted by Crippen LogP contribution is 2.31. The highest BCUT2D eigenvalue weighted by molar-refractivity contribution is 6.04. The Balaban J connectivity index is 0.000000192. The van der Waals surface area contributed by atoms with Crippen LogP contribution in [0.1, 0.15) is 37.4 Å². The van der Waals surface area contributed by atoms with E-state index in [4.69, 9.17) is 5.11 Å². The van der Waals surface area contributed by atoms with Gasteiger partial charge in [0.15, 0.2) is 0 Å². The number of aromatic nitrogens is 10. The quantitative estimate of drug-likeness (QED) is 0.205. The van der Waals surface area contributed by atoms with Crippen LogP contribution in [-0.4, -0.2) is 66.1 Å². The van der Waals surface area contributed by atoms with Gasteiger partial charge in [0, 0.05) is 25.3 Å². The fourth-order valence-corrected chi connectivity index (χ4v) is 5.17. The van der Waals surface area contributed by atoms with E-state index < -0.39 is 23.6 Å². The first-order valence-corrected chi connectivity index (χ1v) is 15.5. The van der Waals surface area contributed by atoms with Gasteiger partial charge in [-0.15, -0.1) is 10.2 Å². The number of carbonyl (C=O) groups is 2. The van der Waals surface area contributed by atoms with Crippen LogP contribution in [0.3, 0.4) is 0 Å². The van der Waals surface area contributed by atoms with Crippen LogP contribution in [0.5, 0.6) is 0 Å². The lowest BCUT2D eigenvalue weighted by Gasteiger charge is -2.11. The maximum atomic E-state index is 12.9. The average Bonchev–Trinajstić information content (AvgIpc) is 3.93. The molecule has 4 heterocycles. The van der Waals surface area contributed by atoms with Gasteiger partial charge in [-0.2, -0.15) is 13.2 Å². The van der Waals surface area contributed by atoms with Crippen molar-refractivity contribution in [2.75, 3.05) is 5.32 Å². The molecule has 0 unspecified atom stereocenters. The maximum Gasteiger partial charge on any atom is 0.416 e. The van der Waals surface area contributed by atoms with E-state index in [9.17, 15) is 22.8 Å². The predicted molar refractivity (Wildman–Crippen MR) is 183 cm³/mol. The summed E-state index contributed by atoms with van der Waals surface area (Å²) in [6, 6.07) is 14.3. The van der Waals surface area contributed by atoms with Crippen LogP contribution in [0.25, 0.3) is 34.2 Å². The van der Waals surface area contributed by atoms with Crippen molar-refractivity contribution >= 4 is 17.6 Å². The van der Waals surface area contributed by atoms with E-state index in [0.29, 0.717) is 22.8 Å². The van der Waals surface area contributed by atoms with E-state index in [1.807, 2.05) is 32.5 Å². The van der Waals surface area contributed by atoms with Crippen molar-refractivity contribution in [3.63, 3.8) is 0 Å². The van der Waals surface area contributed by atoms with E-state index in [2.05, 4.69) is 35.9 Å². The number of aryl methyl sites for hydroxylation is 4. The minimum absolute atomic E-state index is 0.0567. The lowest BCUT2D eigenvalue weighted by Crippen LogP contribution is -2.14. The Bertz CT molecular complexity index is 2410. The predicted octanol–water partition coefficient (Wildman–Crippen LogP) is 5.92. The lowest BCUT2D eigenvalue weighted by molar-refractivity contribution is -0.137. The summed E-state index contributed by atoms with van der Waals surface area (Å²) in [6.07, 6.45) is 5.69. The summed E-state index contributed by atoms with van der Waals surface area (Å²) in [4.78, 5) is 31.8. The van der Waals surface area contributed by atoms with Crippen molar-refractivity contribution in [2.45, 2.75) is 20.0 Å². The number of hydrogen-bond donors (Lipinski definition) is 2. The zero-order valence-corrected chi connectivity index (χ0v) is 28.1. The first-order valence-electron chi connectivity index (χ1n) is 15.5. The summed E-state index contributed by atoms with van der Waals surface area (Å²) in [7, 11) is 3.71. The molecule has 4 aromatic heterocycles. The third-order valence-corrected chi connectivity index (χ3v) is 8.01. The van der Waals surface area contributed by atoms with E-state index >= 15 is 0 Å². The normalized spacial score (nSPS) is 11.2. The van der Waals surface area contributed by atoms with E-state index in [1.165, 1.54) is 12.1 Å². The van der Waals surface area contributed by atoms with Gasteiger partial charge in [-0.05, 0) is 67.4 Å². The Morgan fingerprint density at radius 1 is 0.731 bits per heavy atom. The molecule has 0 aliphatic heterocycles. The number of carboxylic acid groups (broad SMARTS) is 1. The van der Waals surface area contributed by atoms with Crippen molar-refractivity contribution < 1.29 is 27.9 Å². The number of carboxylic acids is 1. The topological polar surface area (TPSA) is 163 Å². The SMILES string of the molecule is Cc1ccc(C(=O)Nc2cccc(C(F)(F)F)c2)cc1-n1cc(-c2cncn2C)nn1.Cc1ccc(C(=O)O)cc1-n1cc(-c2cncn2C)nn1. The minimum atomic E-state index is -4.49. The second kappa shape index (κ2) is 14.1. The fourth-order valence-electron chi connectivity index (χ4n) is 5.17. The number of rotatable bonds is 7. The largest absolute Gasteiger partial charge is 0.478 e. The maximum absolute atomic E-state index is 12.9. The van der Waals surface area contributed by atoms with Crippen LogP contribution in [0.4, 0.5) is 18.9 Å². The zero-order chi connectivity index (χ0) is 37.2. The summed E-state index contributed by atoms with van der Waals surface area (Å²) in [5, 5.41) is 28.1. The smallest absolute Gasteiger partial charge is 0.416 e. The molecule has 0 spiro atoms. The molecule has 3 aromatic carbocycles. The molecule has 14 nitrogen and oxygen atoms in total. The van der Waals surface area contributed by atoms with E-state index in [-0.39, 0.29) is 16.8 Å². The molecule has 0 saturated carbocycles.